The van der Waals surface area contributed by atoms with Crippen molar-refractivity contribution in [1.29, 1.82) is 0 Å². The minimum Gasteiger partial charge on any atom is -0.508 e. The number of amides is 1. The van der Waals surface area contributed by atoms with E-state index in [-0.39, 0.29) is 29.5 Å². The Balaban J connectivity index is 2.14. The Kier molecular flexibility index (Phi) is 6.45. The number of nitrogens with one attached hydrogen (secondary N) is 1. The fourth-order valence-electron chi connectivity index (χ4n) is 2.35. The summed E-state index contributed by atoms with van der Waals surface area (Å²) in [5.41, 5.74) is 0.990. The maximum absolute atomic E-state index is 11.8. The number of aromatic hydroxyl groups is 1. The second-order valence-electron chi connectivity index (χ2n) is 7.12. The number of nitrogens with zero attached hydrogens (tertiary/aromatic N) is 1. The first-order chi connectivity index (χ1) is 13.1. The number of benzene rings is 1. The Morgan fingerprint density at radius 3 is 2.50 bits per heavy atom. The molecule has 0 bridgehead atoms. The molecule has 1 aromatic heterocycles. The van der Waals surface area contributed by atoms with Crippen LogP contribution in [0.3, 0.4) is 0 Å². The van der Waals surface area contributed by atoms with Crippen molar-refractivity contribution in [1.82, 2.24) is 10.3 Å². The Labute approximate surface area is 163 Å². The maximum Gasteiger partial charge on any atom is 0.407 e. The van der Waals surface area contributed by atoms with Gasteiger partial charge in [0, 0.05) is 24.4 Å². The molecule has 0 spiro atoms. The zero-order chi connectivity index (χ0) is 20.9. The average Bonchev–Trinajstić information content (AvgIpc) is 2.56. The Morgan fingerprint density at radius 1 is 1.14 bits per heavy atom. The molecule has 0 aliphatic rings. The third kappa shape index (κ3) is 6.46. The van der Waals surface area contributed by atoms with Crippen LogP contribution in [0.15, 0.2) is 30.3 Å². The molecule has 0 saturated carbocycles. The van der Waals surface area contributed by atoms with Gasteiger partial charge in [0.1, 0.15) is 17.1 Å². The lowest BCUT2D eigenvalue weighted by Gasteiger charge is -2.19. The van der Waals surface area contributed by atoms with Gasteiger partial charge < -0.3 is 24.6 Å². The molecule has 0 saturated heterocycles. The summed E-state index contributed by atoms with van der Waals surface area (Å²) in [6.07, 6.45) is -0.528. The highest BCUT2D eigenvalue weighted by Crippen LogP contribution is 2.27. The number of hydrogen-bond acceptors (Lipinski definition) is 7. The number of methoxy groups -OCH3 is 1. The Bertz CT molecular complexity index is 873. The molecule has 2 N–H and O–H groups in total. The topological polar surface area (TPSA) is 107 Å². The van der Waals surface area contributed by atoms with E-state index in [1.807, 2.05) is 0 Å². The smallest absolute Gasteiger partial charge is 0.407 e. The first-order valence-corrected chi connectivity index (χ1v) is 8.60. The number of pyridine rings is 1. The molecule has 8 heteroatoms. The zero-order valence-electron chi connectivity index (χ0n) is 16.5. The molecule has 1 aromatic carbocycles. The van der Waals surface area contributed by atoms with E-state index < -0.39 is 17.7 Å². The van der Waals surface area contributed by atoms with Crippen LogP contribution < -0.4 is 10.1 Å². The maximum atomic E-state index is 11.8. The number of aryl methyl sites for hydroxylation is 1. The minimum atomic E-state index is -0.597. The highest BCUT2D eigenvalue weighted by molar-refractivity contribution is 5.90. The largest absolute Gasteiger partial charge is 0.508 e. The second-order valence-corrected chi connectivity index (χ2v) is 7.12. The lowest BCUT2D eigenvalue weighted by atomic mass is 10.2. The molecule has 1 heterocycles. The summed E-state index contributed by atoms with van der Waals surface area (Å²) >= 11 is 0. The predicted molar refractivity (Wildman–Crippen MR) is 102 cm³/mol. The van der Waals surface area contributed by atoms with Crippen LogP contribution in [-0.2, 0) is 16.0 Å². The van der Waals surface area contributed by atoms with Gasteiger partial charge >= 0.3 is 12.1 Å². The standard InChI is InChI=1S/C20H24N2O6/c1-12-6-13(11-21-19(25)28-20(2,3)4)7-17(22-12)27-16-9-14(18(24)26-5)8-15(23)10-16/h6-10,23H,11H2,1-5H3,(H,21,25). The molecular weight excluding hydrogens is 364 g/mol. The molecule has 150 valence electrons. The molecule has 0 unspecified atom stereocenters. The van der Waals surface area contributed by atoms with Gasteiger partial charge in [-0.25, -0.2) is 14.6 Å². The Hall–Kier alpha value is -3.29. The molecule has 0 aliphatic heterocycles. The van der Waals surface area contributed by atoms with Crippen LogP contribution in [0, 0.1) is 6.92 Å². The van der Waals surface area contributed by atoms with Gasteiger partial charge in [0.25, 0.3) is 0 Å². The predicted octanol–water partition coefficient (Wildman–Crippen LogP) is 3.70. The summed E-state index contributed by atoms with van der Waals surface area (Å²) in [6.45, 7) is 7.36. The third-order valence-corrected chi connectivity index (χ3v) is 3.36. The van der Waals surface area contributed by atoms with Gasteiger partial charge in [-0.1, -0.05) is 0 Å². The second kappa shape index (κ2) is 8.60. The summed E-state index contributed by atoms with van der Waals surface area (Å²) in [5.74, 6) is -0.260. The molecule has 8 nitrogen and oxygen atoms in total. The highest BCUT2D eigenvalue weighted by Gasteiger charge is 2.16. The van der Waals surface area contributed by atoms with Gasteiger partial charge in [0.2, 0.25) is 5.88 Å². The fourth-order valence-corrected chi connectivity index (χ4v) is 2.35. The van der Waals surface area contributed by atoms with Crippen LogP contribution >= 0.6 is 0 Å². The minimum absolute atomic E-state index is 0.141. The molecule has 2 aromatic rings. The number of phenolic OH excluding ortho intramolecular Hbond substituents is 1. The van der Waals surface area contributed by atoms with Gasteiger partial charge in [-0.3, -0.25) is 0 Å². The summed E-state index contributed by atoms with van der Waals surface area (Å²) in [4.78, 5) is 27.8. The van der Waals surface area contributed by atoms with Crippen molar-refractivity contribution in [3.05, 3.63) is 47.2 Å². The van der Waals surface area contributed by atoms with E-state index in [4.69, 9.17) is 9.47 Å². The van der Waals surface area contributed by atoms with Crippen LogP contribution in [-0.4, -0.2) is 34.9 Å². The Morgan fingerprint density at radius 2 is 1.86 bits per heavy atom. The molecule has 0 radical (unpaired) electrons. The number of esters is 1. The molecule has 0 atom stereocenters. The van der Waals surface area contributed by atoms with E-state index in [2.05, 4.69) is 15.0 Å². The summed E-state index contributed by atoms with van der Waals surface area (Å²) in [7, 11) is 1.25. The van der Waals surface area contributed by atoms with Crippen molar-refractivity contribution in [2.45, 2.75) is 39.8 Å². The lowest BCUT2D eigenvalue weighted by Crippen LogP contribution is -2.32. The monoisotopic (exact) mass is 388 g/mol. The molecule has 2 rings (SSSR count). The zero-order valence-corrected chi connectivity index (χ0v) is 16.5. The van der Waals surface area contributed by atoms with Crippen molar-refractivity contribution in [3.63, 3.8) is 0 Å². The highest BCUT2D eigenvalue weighted by atomic mass is 16.6. The van der Waals surface area contributed by atoms with E-state index >= 15 is 0 Å². The third-order valence-electron chi connectivity index (χ3n) is 3.36. The SMILES string of the molecule is COC(=O)c1cc(O)cc(Oc2cc(CNC(=O)OC(C)(C)C)cc(C)n2)c1. The molecule has 28 heavy (non-hydrogen) atoms. The first-order valence-electron chi connectivity index (χ1n) is 8.60. The number of alkyl carbamates (subject to hydrolysis) is 1. The van der Waals surface area contributed by atoms with Gasteiger partial charge in [-0.05, 0) is 51.5 Å². The van der Waals surface area contributed by atoms with Crippen molar-refractivity contribution in [3.8, 4) is 17.4 Å². The van der Waals surface area contributed by atoms with E-state index in [0.717, 1.165) is 5.56 Å². The van der Waals surface area contributed by atoms with Crippen molar-refractivity contribution in [2.24, 2.45) is 0 Å². The fraction of sp³-hybridized carbons (Fsp3) is 0.350. The van der Waals surface area contributed by atoms with Crippen LogP contribution in [0.4, 0.5) is 4.79 Å². The number of aromatic nitrogens is 1. The van der Waals surface area contributed by atoms with Gasteiger partial charge in [0.05, 0.1) is 12.7 Å². The van der Waals surface area contributed by atoms with Gasteiger partial charge in [0.15, 0.2) is 0 Å². The first kappa shape index (κ1) is 21.0. The van der Waals surface area contributed by atoms with E-state index in [9.17, 15) is 14.7 Å². The number of phenols is 1. The van der Waals surface area contributed by atoms with Crippen LogP contribution in [0.5, 0.6) is 17.4 Å². The van der Waals surface area contributed by atoms with Crippen LogP contribution in [0.1, 0.15) is 42.4 Å². The number of hydrogen-bond donors (Lipinski definition) is 2. The quantitative estimate of drug-likeness (QED) is 0.752. The summed E-state index contributed by atoms with van der Waals surface area (Å²) in [5, 5.41) is 12.5. The number of carbonyl (C=O) groups excluding carboxylic acids is 2. The normalized spacial score (nSPS) is 10.9. The lowest BCUT2D eigenvalue weighted by molar-refractivity contribution is 0.0522. The average molecular weight is 388 g/mol. The van der Waals surface area contributed by atoms with E-state index in [1.165, 1.54) is 25.3 Å². The van der Waals surface area contributed by atoms with Crippen molar-refractivity contribution in [2.75, 3.05) is 7.11 Å². The van der Waals surface area contributed by atoms with Crippen LogP contribution in [0.2, 0.25) is 0 Å². The van der Waals surface area contributed by atoms with Crippen molar-refractivity contribution < 1.29 is 28.9 Å². The number of rotatable bonds is 5. The van der Waals surface area contributed by atoms with Gasteiger partial charge in [-0.15, -0.1) is 0 Å². The molecule has 0 aliphatic carbocycles. The van der Waals surface area contributed by atoms with E-state index in [1.54, 1.807) is 39.8 Å². The summed E-state index contributed by atoms with van der Waals surface area (Å²) < 4.78 is 15.5. The van der Waals surface area contributed by atoms with Crippen LogP contribution in [0.25, 0.3) is 0 Å². The number of ether oxygens (including phenoxy) is 3. The summed E-state index contributed by atoms with van der Waals surface area (Å²) in [6, 6.07) is 7.51. The molecule has 0 fully saturated rings. The molecular formula is C20H24N2O6. The van der Waals surface area contributed by atoms with Crippen molar-refractivity contribution >= 4 is 12.1 Å². The molecule has 1 amide bonds. The number of carbonyl (C=O) groups is 2. The van der Waals surface area contributed by atoms with Gasteiger partial charge in [-0.2, -0.15) is 0 Å². The van der Waals surface area contributed by atoms with E-state index in [0.29, 0.717) is 5.69 Å².